The van der Waals surface area contributed by atoms with E-state index in [1.807, 2.05) is 47.8 Å². The molecule has 1 N–H and O–H groups in total. The van der Waals surface area contributed by atoms with Crippen LogP contribution in [0.15, 0.2) is 65.1 Å². The van der Waals surface area contributed by atoms with Gasteiger partial charge in [0.05, 0.1) is 17.1 Å². The summed E-state index contributed by atoms with van der Waals surface area (Å²) in [5.41, 5.74) is 2.61. The van der Waals surface area contributed by atoms with Gasteiger partial charge in [0.25, 0.3) is 0 Å². The lowest BCUT2D eigenvalue weighted by atomic mass is 10.2. The van der Waals surface area contributed by atoms with Crippen LogP contribution in [0.2, 0.25) is 5.02 Å². The Morgan fingerprint density at radius 1 is 1.14 bits per heavy atom. The molecule has 0 saturated carbocycles. The summed E-state index contributed by atoms with van der Waals surface area (Å²) in [6.45, 7) is 0. The minimum Gasteiger partial charge on any atom is -0.301 e. The second-order valence-electron chi connectivity index (χ2n) is 5.59. The van der Waals surface area contributed by atoms with Gasteiger partial charge in [-0.05, 0) is 34.7 Å². The molecule has 0 fully saturated rings. The first-order valence-electron chi connectivity index (χ1n) is 8.17. The molecule has 4 aromatic rings. The number of tetrazole rings is 1. The summed E-state index contributed by atoms with van der Waals surface area (Å²) in [5.74, 6) is -0.0154. The number of benzene rings is 2. The molecule has 1 amide bonds. The molecule has 0 saturated heterocycles. The number of aromatic nitrogens is 5. The number of nitrogens with one attached hydrogen (secondary N) is 1. The first kappa shape index (κ1) is 18.6. The maximum Gasteiger partial charge on any atom is 0.236 e. The summed E-state index contributed by atoms with van der Waals surface area (Å²) < 4.78 is 1.56. The number of thiazole rings is 1. The van der Waals surface area contributed by atoms with E-state index in [0.717, 1.165) is 16.9 Å². The van der Waals surface area contributed by atoms with Crippen molar-refractivity contribution in [1.29, 1.82) is 0 Å². The van der Waals surface area contributed by atoms with Gasteiger partial charge in [0, 0.05) is 16.0 Å². The number of nitrogens with zero attached hydrogens (tertiary/aromatic N) is 5. The predicted molar refractivity (Wildman–Crippen MR) is 111 cm³/mol. The van der Waals surface area contributed by atoms with E-state index in [9.17, 15) is 4.79 Å². The molecular weight excluding hydrogens is 416 g/mol. The summed E-state index contributed by atoms with van der Waals surface area (Å²) in [6.07, 6.45) is 0. The zero-order chi connectivity index (χ0) is 19.3. The third kappa shape index (κ3) is 4.38. The second-order valence-corrected chi connectivity index (χ2v) is 7.83. The van der Waals surface area contributed by atoms with Gasteiger partial charge in [0.15, 0.2) is 5.13 Å². The molecule has 0 aliphatic heterocycles. The van der Waals surface area contributed by atoms with E-state index in [2.05, 4.69) is 25.8 Å². The van der Waals surface area contributed by atoms with Gasteiger partial charge < -0.3 is 5.32 Å². The van der Waals surface area contributed by atoms with Crippen molar-refractivity contribution < 1.29 is 4.79 Å². The first-order valence-corrected chi connectivity index (χ1v) is 10.4. The quantitative estimate of drug-likeness (QED) is 0.464. The summed E-state index contributed by atoms with van der Waals surface area (Å²) in [7, 11) is 0. The Morgan fingerprint density at radius 2 is 1.93 bits per heavy atom. The molecule has 0 bridgehead atoms. The maximum atomic E-state index is 12.3. The molecule has 4 rings (SSSR count). The topological polar surface area (TPSA) is 85.6 Å². The van der Waals surface area contributed by atoms with Gasteiger partial charge in [-0.15, -0.1) is 16.4 Å². The van der Waals surface area contributed by atoms with Crippen LogP contribution >= 0.6 is 34.7 Å². The number of amides is 1. The number of rotatable bonds is 6. The van der Waals surface area contributed by atoms with Gasteiger partial charge in [-0.25, -0.2) is 4.98 Å². The molecular formula is C18H13ClN6OS2. The smallest absolute Gasteiger partial charge is 0.236 e. The standard InChI is InChI=1S/C18H13ClN6OS2/c19-13-6-8-14(9-7-13)25-18(22-23-24-25)28-11-16(26)21-17-20-15(10-27-17)12-4-2-1-3-5-12/h1-10H,11H2,(H,20,21,26). The van der Waals surface area contributed by atoms with E-state index in [4.69, 9.17) is 11.6 Å². The number of thioether (sulfide) groups is 1. The van der Waals surface area contributed by atoms with Crippen LogP contribution < -0.4 is 5.32 Å². The molecule has 0 radical (unpaired) electrons. The fourth-order valence-corrected chi connectivity index (χ4v) is 3.92. The van der Waals surface area contributed by atoms with E-state index in [0.29, 0.717) is 15.3 Å². The van der Waals surface area contributed by atoms with E-state index in [1.165, 1.54) is 23.1 Å². The minimum atomic E-state index is -0.176. The Balaban J connectivity index is 1.38. The average molecular weight is 429 g/mol. The first-order chi connectivity index (χ1) is 13.7. The molecule has 0 atom stereocenters. The van der Waals surface area contributed by atoms with Gasteiger partial charge >= 0.3 is 0 Å². The Morgan fingerprint density at radius 3 is 2.71 bits per heavy atom. The van der Waals surface area contributed by atoms with Gasteiger partial charge in [0.1, 0.15) is 0 Å². The second kappa shape index (κ2) is 8.51. The number of hydrogen-bond donors (Lipinski definition) is 1. The Labute approximate surface area is 173 Å². The van der Waals surface area contributed by atoms with Crippen molar-refractivity contribution in [3.05, 3.63) is 65.0 Å². The maximum absolute atomic E-state index is 12.3. The van der Waals surface area contributed by atoms with Gasteiger partial charge in [-0.1, -0.05) is 53.7 Å². The van der Waals surface area contributed by atoms with Gasteiger partial charge in [0.2, 0.25) is 11.1 Å². The summed E-state index contributed by atoms with van der Waals surface area (Å²) in [6, 6.07) is 16.9. The van der Waals surface area contributed by atoms with Crippen LogP contribution in [-0.2, 0) is 4.79 Å². The van der Waals surface area contributed by atoms with E-state index < -0.39 is 0 Å². The van der Waals surface area contributed by atoms with Crippen LogP contribution in [0.25, 0.3) is 16.9 Å². The van der Waals surface area contributed by atoms with Crippen molar-refractivity contribution in [2.45, 2.75) is 5.16 Å². The third-order valence-corrected chi connectivity index (χ3v) is 5.59. The largest absolute Gasteiger partial charge is 0.301 e. The Kier molecular flexibility index (Phi) is 5.65. The van der Waals surface area contributed by atoms with Crippen molar-refractivity contribution >= 4 is 45.7 Å². The molecule has 0 aliphatic rings. The number of carbonyl (C=O) groups is 1. The summed E-state index contributed by atoms with van der Waals surface area (Å²) in [4.78, 5) is 16.7. The Hall–Kier alpha value is -2.75. The summed E-state index contributed by atoms with van der Waals surface area (Å²) >= 11 is 8.54. The number of halogens is 1. The molecule has 0 spiro atoms. The lowest BCUT2D eigenvalue weighted by molar-refractivity contribution is -0.113. The highest BCUT2D eigenvalue weighted by atomic mass is 35.5. The zero-order valence-electron chi connectivity index (χ0n) is 14.3. The lowest BCUT2D eigenvalue weighted by Crippen LogP contribution is -2.14. The van der Waals surface area contributed by atoms with Crippen LogP contribution in [0.1, 0.15) is 0 Å². The van der Waals surface area contributed by atoms with Crippen LogP contribution in [0.5, 0.6) is 0 Å². The van der Waals surface area contributed by atoms with E-state index >= 15 is 0 Å². The van der Waals surface area contributed by atoms with Crippen molar-refractivity contribution in [3.63, 3.8) is 0 Å². The van der Waals surface area contributed by atoms with Crippen LogP contribution in [0.4, 0.5) is 5.13 Å². The molecule has 2 aromatic carbocycles. The third-order valence-electron chi connectivity index (χ3n) is 3.66. The van der Waals surface area contributed by atoms with Crippen LogP contribution in [0, 0.1) is 0 Å². The predicted octanol–water partition coefficient (Wildman–Crippen LogP) is 4.17. The van der Waals surface area contributed by atoms with Crippen molar-refractivity contribution in [2.24, 2.45) is 0 Å². The number of anilines is 1. The molecule has 2 heterocycles. The van der Waals surface area contributed by atoms with Crippen LogP contribution in [0.3, 0.4) is 0 Å². The molecule has 28 heavy (non-hydrogen) atoms. The lowest BCUT2D eigenvalue weighted by Gasteiger charge is -2.04. The molecule has 2 aromatic heterocycles. The highest BCUT2D eigenvalue weighted by Gasteiger charge is 2.13. The number of hydrogen-bond acceptors (Lipinski definition) is 7. The molecule has 140 valence electrons. The fourth-order valence-electron chi connectivity index (χ4n) is 2.37. The zero-order valence-corrected chi connectivity index (χ0v) is 16.7. The van der Waals surface area contributed by atoms with Gasteiger partial charge in [-0.3, -0.25) is 4.79 Å². The fraction of sp³-hybridized carbons (Fsp3) is 0.0556. The SMILES string of the molecule is O=C(CSc1nnnn1-c1ccc(Cl)cc1)Nc1nc(-c2ccccc2)cs1. The highest BCUT2D eigenvalue weighted by Crippen LogP contribution is 2.25. The number of carbonyl (C=O) groups excluding carboxylic acids is 1. The molecule has 0 aliphatic carbocycles. The van der Waals surface area contributed by atoms with E-state index in [1.54, 1.807) is 16.8 Å². The normalized spacial score (nSPS) is 10.8. The van der Waals surface area contributed by atoms with Crippen LogP contribution in [-0.4, -0.2) is 36.9 Å². The summed E-state index contributed by atoms with van der Waals surface area (Å²) in [5, 5.41) is 18.1. The Bertz CT molecular complexity index is 1080. The monoisotopic (exact) mass is 428 g/mol. The average Bonchev–Trinajstić information content (AvgIpc) is 3.37. The van der Waals surface area contributed by atoms with Gasteiger partial charge in [-0.2, -0.15) is 4.68 Å². The van der Waals surface area contributed by atoms with Crippen molar-refractivity contribution in [2.75, 3.05) is 11.1 Å². The van der Waals surface area contributed by atoms with E-state index in [-0.39, 0.29) is 11.7 Å². The molecule has 7 nitrogen and oxygen atoms in total. The molecule has 10 heteroatoms. The van der Waals surface area contributed by atoms with Crippen molar-refractivity contribution in [1.82, 2.24) is 25.2 Å². The molecule has 0 unspecified atom stereocenters. The highest BCUT2D eigenvalue weighted by molar-refractivity contribution is 7.99. The minimum absolute atomic E-state index is 0.161. The van der Waals surface area contributed by atoms with Crippen molar-refractivity contribution in [3.8, 4) is 16.9 Å².